The second kappa shape index (κ2) is 17.2. The molecule has 0 aliphatic heterocycles. The van der Waals surface area contributed by atoms with Gasteiger partial charge in [-0.25, -0.2) is 0 Å². The number of aliphatic carboxylic acids is 2. The maximum Gasteiger partial charge on any atom is 1.00 e. The van der Waals surface area contributed by atoms with Gasteiger partial charge in [-0.05, 0) is 6.42 Å². The van der Waals surface area contributed by atoms with Crippen molar-refractivity contribution in [2.45, 2.75) is 71.1 Å². The number of carboxylic acid groups (broad SMARTS) is 2. The minimum Gasteiger partial charge on any atom is -0.549 e. The molecule has 0 aromatic carbocycles. The molecule has 0 aliphatic rings. The maximum absolute atomic E-state index is 10.5. The fourth-order valence-corrected chi connectivity index (χ4v) is 1.99. The molecule has 0 saturated heterocycles. The van der Waals surface area contributed by atoms with Crippen molar-refractivity contribution in [3.05, 3.63) is 0 Å². The van der Waals surface area contributed by atoms with Crippen LogP contribution in [-0.2, 0) is 9.59 Å². The van der Waals surface area contributed by atoms with Crippen LogP contribution in [0.3, 0.4) is 0 Å². The van der Waals surface area contributed by atoms with Crippen LogP contribution in [0.15, 0.2) is 0 Å². The SMILES string of the molecule is CCCCCCCCCCCC(C(=O)[O-])C(=O)[O-].[Li+].[Li+]. The normalized spacial score (nSPS) is 9.70. The first-order chi connectivity index (χ1) is 8.59. The van der Waals surface area contributed by atoms with Crippen molar-refractivity contribution in [3.63, 3.8) is 0 Å². The Bertz CT molecular complexity index is 233. The smallest absolute Gasteiger partial charge is 0.549 e. The van der Waals surface area contributed by atoms with E-state index in [2.05, 4.69) is 6.92 Å². The van der Waals surface area contributed by atoms with Gasteiger partial charge in [0.1, 0.15) is 0 Å². The molecular weight excluding hydrogens is 246 g/mol. The number of unbranched alkanes of at least 4 members (excludes halogenated alkanes) is 8. The summed E-state index contributed by atoms with van der Waals surface area (Å²) in [6.07, 6.45) is 10.1. The quantitative estimate of drug-likeness (QED) is 0.202. The fourth-order valence-electron chi connectivity index (χ4n) is 1.99. The number of carbonyl (C=O) groups excluding carboxylic acids is 2. The van der Waals surface area contributed by atoms with E-state index < -0.39 is 17.9 Å². The van der Waals surface area contributed by atoms with Crippen molar-refractivity contribution in [2.24, 2.45) is 5.92 Å². The Morgan fingerprint density at radius 1 is 0.750 bits per heavy atom. The average molecular weight is 270 g/mol. The standard InChI is InChI=1S/C14H26O4.2Li/c1-2-3-4-5-6-7-8-9-10-11-12(13(15)16)14(17)18;;/h12H,2-11H2,1H3,(H,15,16)(H,17,18);;/q;2*+1/p-2. The second-order valence-corrected chi connectivity index (χ2v) is 4.81. The number of carboxylic acids is 2. The molecule has 0 atom stereocenters. The van der Waals surface area contributed by atoms with E-state index in [4.69, 9.17) is 0 Å². The van der Waals surface area contributed by atoms with E-state index >= 15 is 0 Å². The number of rotatable bonds is 12. The average Bonchev–Trinajstić information content (AvgIpc) is 2.30. The molecule has 0 unspecified atom stereocenters. The van der Waals surface area contributed by atoms with Crippen LogP contribution in [0.5, 0.6) is 0 Å². The molecule has 0 spiro atoms. The minimum absolute atomic E-state index is 0. The summed E-state index contributed by atoms with van der Waals surface area (Å²) < 4.78 is 0. The van der Waals surface area contributed by atoms with E-state index in [1.54, 1.807) is 0 Å². The summed E-state index contributed by atoms with van der Waals surface area (Å²) in [6.45, 7) is 2.19. The molecule has 0 amide bonds. The second-order valence-electron chi connectivity index (χ2n) is 4.81. The van der Waals surface area contributed by atoms with Crippen molar-refractivity contribution in [3.8, 4) is 0 Å². The minimum atomic E-state index is -1.53. The topological polar surface area (TPSA) is 80.3 Å². The zero-order valence-corrected chi connectivity index (χ0v) is 13.3. The summed E-state index contributed by atoms with van der Waals surface area (Å²) in [5.74, 6) is -4.52. The predicted molar refractivity (Wildman–Crippen MR) is 65.3 cm³/mol. The van der Waals surface area contributed by atoms with E-state index in [0.29, 0.717) is 6.42 Å². The van der Waals surface area contributed by atoms with Gasteiger partial charge in [0.25, 0.3) is 0 Å². The van der Waals surface area contributed by atoms with E-state index in [1.165, 1.54) is 32.1 Å². The third kappa shape index (κ3) is 14.5. The van der Waals surface area contributed by atoms with Gasteiger partial charge in [0, 0.05) is 5.92 Å². The van der Waals surface area contributed by atoms with Crippen LogP contribution in [-0.4, -0.2) is 11.9 Å². The number of hydrogen-bond donors (Lipinski definition) is 0. The molecule has 0 radical (unpaired) electrons. The summed E-state index contributed by atoms with van der Waals surface area (Å²) >= 11 is 0. The molecule has 106 valence electrons. The Labute approximate surface area is 146 Å². The van der Waals surface area contributed by atoms with Gasteiger partial charge >= 0.3 is 37.7 Å². The molecule has 6 heteroatoms. The van der Waals surface area contributed by atoms with Crippen LogP contribution in [0.4, 0.5) is 0 Å². The Balaban J connectivity index is -0.00000144. The van der Waals surface area contributed by atoms with Gasteiger partial charge in [0.15, 0.2) is 0 Å². The molecule has 0 aromatic heterocycles. The van der Waals surface area contributed by atoms with Gasteiger partial charge in [-0.1, -0.05) is 64.7 Å². The van der Waals surface area contributed by atoms with Gasteiger partial charge in [-0.15, -0.1) is 0 Å². The summed E-state index contributed by atoms with van der Waals surface area (Å²) in [6, 6.07) is 0. The van der Waals surface area contributed by atoms with Crippen molar-refractivity contribution >= 4 is 11.9 Å². The van der Waals surface area contributed by atoms with Crippen LogP contribution in [0.2, 0.25) is 0 Å². The molecule has 0 saturated carbocycles. The molecule has 0 fully saturated rings. The van der Waals surface area contributed by atoms with E-state index in [0.717, 1.165) is 19.3 Å². The molecule has 0 N–H and O–H groups in total. The van der Waals surface area contributed by atoms with Crippen LogP contribution < -0.4 is 47.9 Å². The van der Waals surface area contributed by atoms with Crippen LogP contribution in [0, 0.1) is 5.92 Å². The van der Waals surface area contributed by atoms with Gasteiger partial charge in [0.05, 0.1) is 11.9 Å². The van der Waals surface area contributed by atoms with Gasteiger partial charge in [-0.3, -0.25) is 0 Å². The molecule has 0 bridgehead atoms. The Hall–Kier alpha value is 0.135. The largest absolute Gasteiger partial charge is 1.00 e. The van der Waals surface area contributed by atoms with Crippen LogP contribution in [0.25, 0.3) is 0 Å². The zero-order chi connectivity index (χ0) is 13.8. The predicted octanol–water partition coefficient (Wildman–Crippen LogP) is -4.97. The van der Waals surface area contributed by atoms with E-state index in [1.807, 2.05) is 0 Å². The first-order valence-corrected chi connectivity index (χ1v) is 7.01. The summed E-state index contributed by atoms with van der Waals surface area (Å²) in [4.78, 5) is 21.0. The number of carbonyl (C=O) groups is 2. The van der Waals surface area contributed by atoms with Crippen molar-refractivity contribution < 1.29 is 57.5 Å². The molecular formula is C14H24Li2O4. The molecule has 4 nitrogen and oxygen atoms in total. The number of hydrogen-bond acceptors (Lipinski definition) is 4. The molecule has 20 heavy (non-hydrogen) atoms. The van der Waals surface area contributed by atoms with Gasteiger partial charge in [0.2, 0.25) is 0 Å². The maximum atomic E-state index is 10.5. The van der Waals surface area contributed by atoms with Crippen molar-refractivity contribution in [2.75, 3.05) is 0 Å². The van der Waals surface area contributed by atoms with Crippen LogP contribution in [0.1, 0.15) is 71.1 Å². The third-order valence-corrected chi connectivity index (χ3v) is 3.17. The molecule has 0 aromatic rings. The van der Waals surface area contributed by atoms with E-state index in [9.17, 15) is 19.8 Å². The van der Waals surface area contributed by atoms with Crippen molar-refractivity contribution in [1.29, 1.82) is 0 Å². The fraction of sp³-hybridized carbons (Fsp3) is 0.857. The van der Waals surface area contributed by atoms with Crippen molar-refractivity contribution in [1.82, 2.24) is 0 Å². The Morgan fingerprint density at radius 2 is 1.10 bits per heavy atom. The van der Waals surface area contributed by atoms with Gasteiger partial charge in [-0.2, -0.15) is 0 Å². The summed E-state index contributed by atoms with van der Waals surface area (Å²) in [5, 5.41) is 21.0. The summed E-state index contributed by atoms with van der Waals surface area (Å²) in [5.41, 5.74) is 0. The first-order valence-electron chi connectivity index (χ1n) is 7.01. The first kappa shape index (κ1) is 25.1. The molecule has 0 aliphatic carbocycles. The summed E-state index contributed by atoms with van der Waals surface area (Å²) in [7, 11) is 0. The monoisotopic (exact) mass is 270 g/mol. The zero-order valence-electron chi connectivity index (χ0n) is 13.3. The molecule has 0 heterocycles. The van der Waals surface area contributed by atoms with E-state index in [-0.39, 0.29) is 44.1 Å². The Morgan fingerprint density at radius 3 is 1.45 bits per heavy atom. The van der Waals surface area contributed by atoms with Gasteiger partial charge < -0.3 is 19.8 Å². The Kier molecular flexibility index (Phi) is 21.6. The third-order valence-electron chi connectivity index (χ3n) is 3.17. The molecule has 0 rings (SSSR count). The van der Waals surface area contributed by atoms with Crippen LogP contribution >= 0.6 is 0 Å².